The number of nitrogens with zero attached hydrogens (tertiary/aromatic N) is 1. The molecule has 0 radical (unpaired) electrons. The molecule has 1 N–H and O–H groups in total. The molecular weight excluding hydrogens is 196 g/mol. The van der Waals surface area contributed by atoms with Crippen molar-refractivity contribution in [2.75, 3.05) is 13.1 Å². The van der Waals surface area contributed by atoms with Crippen molar-refractivity contribution in [1.82, 2.24) is 10.2 Å². The zero-order valence-corrected chi connectivity index (χ0v) is 11.3. The van der Waals surface area contributed by atoms with Crippen molar-refractivity contribution >= 4 is 0 Å². The van der Waals surface area contributed by atoms with Crippen LogP contribution in [-0.4, -0.2) is 35.6 Å². The average Bonchev–Trinajstić information content (AvgIpc) is 2.25. The molecule has 0 amide bonds. The molecule has 94 valence electrons. The zero-order valence-electron chi connectivity index (χ0n) is 11.3. The summed E-state index contributed by atoms with van der Waals surface area (Å²) in [5.41, 5.74) is 0.373. The van der Waals surface area contributed by atoms with Crippen molar-refractivity contribution in [3.8, 4) is 0 Å². The van der Waals surface area contributed by atoms with Gasteiger partial charge in [0.2, 0.25) is 0 Å². The van der Waals surface area contributed by atoms with E-state index in [0.717, 1.165) is 12.1 Å². The molecule has 2 aliphatic heterocycles. The van der Waals surface area contributed by atoms with E-state index in [4.69, 9.17) is 0 Å². The number of nitrogens with one attached hydrogen (secondary N) is 1. The zero-order chi connectivity index (χ0) is 11.6. The van der Waals surface area contributed by atoms with Crippen LogP contribution in [0.15, 0.2) is 0 Å². The lowest BCUT2D eigenvalue weighted by Gasteiger charge is -2.46. The number of hydrogen-bond acceptors (Lipinski definition) is 2. The van der Waals surface area contributed by atoms with Gasteiger partial charge in [0, 0.05) is 24.2 Å². The lowest BCUT2D eigenvalue weighted by molar-refractivity contribution is 0.0608. The summed E-state index contributed by atoms with van der Waals surface area (Å²) in [7, 11) is 0. The molecule has 0 bridgehead atoms. The van der Waals surface area contributed by atoms with Crippen molar-refractivity contribution in [2.24, 2.45) is 0 Å². The van der Waals surface area contributed by atoms with Crippen LogP contribution in [0.1, 0.15) is 59.3 Å². The third-order valence-corrected chi connectivity index (χ3v) is 4.61. The van der Waals surface area contributed by atoms with Crippen LogP contribution in [0.3, 0.4) is 0 Å². The van der Waals surface area contributed by atoms with E-state index in [-0.39, 0.29) is 0 Å². The van der Waals surface area contributed by atoms with Crippen LogP contribution in [-0.2, 0) is 0 Å². The molecule has 0 aliphatic carbocycles. The smallest absolute Gasteiger partial charge is 0.0280 e. The summed E-state index contributed by atoms with van der Waals surface area (Å²) in [6, 6.07) is 1.56. The highest BCUT2D eigenvalue weighted by Crippen LogP contribution is 2.27. The Labute approximate surface area is 101 Å². The van der Waals surface area contributed by atoms with E-state index in [0.29, 0.717) is 5.54 Å². The minimum absolute atomic E-state index is 0.373. The van der Waals surface area contributed by atoms with Crippen LogP contribution in [0.5, 0.6) is 0 Å². The predicted octanol–water partition coefficient (Wildman–Crippen LogP) is 2.78. The molecule has 3 unspecified atom stereocenters. The van der Waals surface area contributed by atoms with Crippen LogP contribution in [0.4, 0.5) is 0 Å². The second-order valence-electron chi connectivity index (χ2n) is 6.25. The first kappa shape index (κ1) is 12.4. The standard InChI is InChI=1S/C14H28N2/c1-12-7-6-8-13(2)16(12)11-14(3)9-4-5-10-15-14/h12-13,15H,4-11H2,1-3H3. The Morgan fingerprint density at radius 3 is 2.38 bits per heavy atom. The van der Waals surface area contributed by atoms with Gasteiger partial charge in [-0.15, -0.1) is 0 Å². The van der Waals surface area contributed by atoms with Gasteiger partial charge in [-0.25, -0.2) is 0 Å². The SMILES string of the molecule is CC1CCCC(C)N1CC1(C)CCCCN1. The van der Waals surface area contributed by atoms with Gasteiger partial charge >= 0.3 is 0 Å². The second kappa shape index (κ2) is 5.05. The first-order valence-electron chi connectivity index (χ1n) is 7.11. The Hall–Kier alpha value is -0.0800. The van der Waals surface area contributed by atoms with Gasteiger partial charge in [-0.3, -0.25) is 4.90 Å². The lowest BCUT2D eigenvalue weighted by atomic mass is 9.87. The molecule has 0 saturated carbocycles. The average molecular weight is 224 g/mol. The van der Waals surface area contributed by atoms with E-state index in [1.807, 2.05) is 0 Å². The van der Waals surface area contributed by atoms with Crippen molar-refractivity contribution < 1.29 is 0 Å². The molecular formula is C14H28N2. The first-order valence-corrected chi connectivity index (χ1v) is 7.11. The Morgan fingerprint density at radius 2 is 1.81 bits per heavy atom. The summed E-state index contributed by atoms with van der Waals surface area (Å²) >= 11 is 0. The number of hydrogen-bond donors (Lipinski definition) is 1. The molecule has 2 rings (SSSR count). The molecule has 0 aromatic carbocycles. The normalized spacial score (nSPS) is 42.2. The minimum atomic E-state index is 0.373. The fraction of sp³-hybridized carbons (Fsp3) is 1.00. The van der Waals surface area contributed by atoms with E-state index in [9.17, 15) is 0 Å². The highest BCUT2D eigenvalue weighted by molar-refractivity contribution is 4.93. The molecule has 0 aromatic heterocycles. The second-order valence-corrected chi connectivity index (χ2v) is 6.25. The molecule has 2 saturated heterocycles. The summed E-state index contributed by atoms with van der Waals surface area (Å²) in [6.45, 7) is 9.69. The van der Waals surface area contributed by atoms with Crippen LogP contribution < -0.4 is 5.32 Å². The quantitative estimate of drug-likeness (QED) is 0.776. The van der Waals surface area contributed by atoms with Crippen LogP contribution in [0.25, 0.3) is 0 Å². The third-order valence-electron chi connectivity index (χ3n) is 4.61. The lowest BCUT2D eigenvalue weighted by Crippen LogP contribution is -2.58. The number of rotatable bonds is 2. The van der Waals surface area contributed by atoms with Crippen LogP contribution in [0.2, 0.25) is 0 Å². The summed E-state index contributed by atoms with van der Waals surface area (Å²) in [5, 5.41) is 3.74. The van der Waals surface area contributed by atoms with Gasteiger partial charge in [0.25, 0.3) is 0 Å². The topological polar surface area (TPSA) is 15.3 Å². The van der Waals surface area contributed by atoms with Gasteiger partial charge in [-0.1, -0.05) is 12.8 Å². The maximum atomic E-state index is 3.74. The Morgan fingerprint density at radius 1 is 1.12 bits per heavy atom. The van der Waals surface area contributed by atoms with Crippen LogP contribution >= 0.6 is 0 Å². The van der Waals surface area contributed by atoms with Gasteiger partial charge < -0.3 is 5.32 Å². The molecule has 2 nitrogen and oxygen atoms in total. The molecule has 2 aliphatic rings. The highest BCUT2D eigenvalue weighted by Gasteiger charge is 2.33. The maximum absolute atomic E-state index is 3.74. The molecule has 2 fully saturated rings. The van der Waals surface area contributed by atoms with Gasteiger partial charge in [0.1, 0.15) is 0 Å². The Balaban J connectivity index is 1.95. The highest BCUT2D eigenvalue weighted by atomic mass is 15.2. The van der Waals surface area contributed by atoms with Crippen molar-refractivity contribution in [3.63, 3.8) is 0 Å². The van der Waals surface area contributed by atoms with E-state index in [2.05, 4.69) is 31.0 Å². The number of piperidine rings is 2. The molecule has 16 heavy (non-hydrogen) atoms. The fourth-order valence-electron chi connectivity index (χ4n) is 3.44. The third kappa shape index (κ3) is 2.78. The fourth-order valence-corrected chi connectivity index (χ4v) is 3.44. The largest absolute Gasteiger partial charge is 0.310 e. The van der Waals surface area contributed by atoms with Crippen molar-refractivity contribution in [1.29, 1.82) is 0 Å². The summed E-state index contributed by atoms with van der Waals surface area (Å²) in [4.78, 5) is 2.74. The van der Waals surface area contributed by atoms with E-state index < -0.39 is 0 Å². The molecule has 0 aromatic rings. The van der Waals surface area contributed by atoms with Gasteiger partial charge in [-0.2, -0.15) is 0 Å². The maximum Gasteiger partial charge on any atom is 0.0280 e. The van der Waals surface area contributed by atoms with Crippen molar-refractivity contribution in [2.45, 2.75) is 76.9 Å². The molecule has 2 heteroatoms. The molecule has 0 spiro atoms. The number of likely N-dealkylation sites (tertiary alicyclic amines) is 1. The van der Waals surface area contributed by atoms with Gasteiger partial charge in [0.05, 0.1) is 0 Å². The van der Waals surface area contributed by atoms with E-state index >= 15 is 0 Å². The predicted molar refractivity (Wildman–Crippen MR) is 69.7 cm³/mol. The van der Waals surface area contributed by atoms with Crippen molar-refractivity contribution in [3.05, 3.63) is 0 Å². The van der Waals surface area contributed by atoms with E-state index in [1.54, 1.807) is 0 Å². The minimum Gasteiger partial charge on any atom is -0.310 e. The summed E-state index contributed by atoms with van der Waals surface area (Å²) in [6.07, 6.45) is 8.31. The monoisotopic (exact) mass is 224 g/mol. The summed E-state index contributed by atoms with van der Waals surface area (Å²) < 4.78 is 0. The summed E-state index contributed by atoms with van der Waals surface area (Å²) in [5.74, 6) is 0. The van der Waals surface area contributed by atoms with E-state index in [1.165, 1.54) is 51.6 Å². The van der Waals surface area contributed by atoms with Crippen LogP contribution in [0, 0.1) is 0 Å². The van der Waals surface area contributed by atoms with Gasteiger partial charge in [-0.05, 0) is 53.0 Å². The Kier molecular flexibility index (Phi) is 3.91. The Bertz CT molecular complexity index is 211. The molecule has 2 heterocycles. The molecule has 3 atom stereocenters. The van der Waals surface area contributed by atoms with Gasteiger partial charge in [0.15, 0.2) is 0 Å². The first-order chi connectivity index (χ1) is 7.61.